The van der Waals surface area contributed by atoms with Crippen LogP contribution in [0.25, 0.3) is 5.65 Å². The van der Waals surface area contributed by atoms with Gasteiger partial charge in [-0.1, -0.05) is 12.1 Å². The normalized spacial score (nSPS) is 14.1. The molecule has 0 spiro atoms. The maximum absolute atomic E-state index is 12.9. The third kappa shape index (κ3) is 2.98. The Morgan fingerprint density at radius 3 is 2.82 bits per heavy atom. The van der Waals surface area contributed by atoms with Crippen molar-refractivity contribution in [2.75, 3.05) is 0 Å². The summed E-state index contributed by atoms with van der Waals surface area (Å²) >= 11 is 0. The molecule has 0 saturated heterocycles. The quantitative estimate of drug-likeness (QED) is 0.757. The molecule has 0 amide bonds. The Kier molecular flexibility index (Phi) is 4.13. The topological polar surface area (TPSA) is 62.5 Å². The fourth-order valence-corrected chi connectivity index (χ4v) is 2.35. The number of hydrogen-bond acceptors (Lipinski definition) is 4. The van der Waals surface area contributed by atoms with Crippen LogP contribution < -0.4 is 5.32 Å². The predicted octanol–water partition coefficient (Wildman–Crippen LogP) is 2.08. The van der Waals surface area contributed by atoms with Crippen LogP contribution in [0.5, 0.6) is 0 Å². The molecule has 2 unspecified atom stereocenters. The highest BCUT2D eigenvalue weighted by Gasteiger charge is 2.16. The van der Waals surface area contributed by atoms with Crippen molar-refractivity contribution in [3.05, 3.63) is 66.1 Å². The van der Waals surface area contributed by atoms with E-state index in [4.69, 9.17) is 0 Å². The molecule has 0 radical (unpaired) electrons. The minimum atomic E-state index is -0.707. The van der Waals surface area contributed by atoms with E-state index in [2.05, 4.69) is 15.3 Å². The van der Waals surface area contributed by atoms with Gasteiger partial charge in [0.15, 0.2) is 5.65 Å². The van der Waals surface area contributed by atoms with E-state index in [0.29, 0.717) is 12.1 Å². The summed E-state index contributed by atoms with van der Waals surface area (Å²) in [7, 11) is 0. The largest absolute Gasteiger partial charge is 0.387 e. The van der Waals surface area contributed by atoms with Crippen molar-refractivity contribution in [1.82, 2.24) is 19.7 Å². The van der Waals surface area contributed by atoms with Crippen LogP contribution >= 0.6 is 0 Å². The number of fused-ring (bicyclic) bond motifs is 1. The fourth-order valence-electron chi connectivity index (χ4n) is 2.35. The molecule has 114 valence electrons. The molecule has 22 heavy (non-hydrogen) atoms. The summed E-state index contributed by atoms with van der Waals surface area (Å²) in [5, 5.41) is 13.6. The number of benzene rings is 1. The van der Waals surface area contributed by atoms with E-state index >= 15 is 0 Å². The van der Waals surface area contributed by atoms with E-state index < -0.39 is 6.10 Å². The molecule has 3 aromatic rings. The summed E-state index contributed by atoms with van der Waals surface area (Å²) in [6.45, 7) is 2.45. The number of aliphatic hydroxyl groups excluding tert-OH is 1. The van der Waals surface area contributed by atoms with Crippen molar-refractivity contribution in [3.63, 3.8) is 0 Å². The first-order valence-electron chi connectivity index (χ1n) is 7.08. The molecule has 0 aliphatic heterocycles. The first-order chi connectivity index (χ1) is 10.6. The van der Waals surface area contributed by atoms with Crippen LogP contribution in [0.15, 0.2) is 49.1 Å². The maximum Gasteiger partial charge on any atom is 0.155 e. The lowest BCUT2D eigenvalue weighted by Crippen LogP contribution is -2.32. The molecule has 0 bridgehead atoms. The molecule has 2 heterocycles. The van der Waals surface area contributed by atoms with Gasteiger partial charge in [-0.15, -0.1) is 0 Å². The average Bonchev–Trinajstić information content (AvgIpc) is 2.96. The van der Waals surface area contributed by atoms with E-state index in [1.54, 1.807) is 30.7 Å². The molecule has 2 atom stereocenters. The number of halogens is 1. The van der Waals surface area contributed by atoms with E-state index in [0.717, 1.165) is 11.3 Å². The molecular formula is C16H17FN4O. The Hall–Kier alpha value is -2.31. The van der Waals surface area contributed by atoms with Crippen LogP contribution in [0.4, 0.5) is 4.39 Å². The monoisotopic (exact) mass is 300 g/mol. The molecule has 0 aliphatic rings. The molecule has 0 aliphatic carbocycles. The summed E-state index contributed by atoms with van der Waals surface area (Å²) in [6, 6.07) is 5.71. The molecule has 2 aromatic heterocycles. The second kappa shape index (κ2) is 6.21. The lowest BCUT2D eigenvalue weighted by molar-refractivity contribution is 0.135. The molecular weight excluding hydrogens is 283 g/mol. The Balaban J connectivity index is 1.66. The smallest absolute Gasteiger partial charge is 0.155 e. The first-order valence-corrected chi connectivity index (χ1v) is 7.08. The van der Waals surface area contributed by atoms with Gasteiger partial charge in [0.05, 0.1) is 24.2 Å². The SMILES string of the molecule is CC(NCc1cnc2cnccn12)C(O)c1ccc(F)cc1. The van der Waals surface area contributed by atoms with Gasteiger partial charge in [-0.3, -0.25) is 9.38 Å². The maximum atomic E-state index is 12.9. The second-order valence-corrected chi connectivity index (χ2v) is 5.22. The van der Waals surface area contributed by atoms with E-state index in [1.165, 1.54) is 12.1 Å². The van der Waals surface area contributed by atoms with Crippen molar-refractivity contribution >= 4 is 5.65 Å². The van der Waals surface area contributed by atoms with Crippen molar-refractivity contribution in [2.45, 2.75) is 25.6 Å². The van der Waals surface area contributed by atoms with Gasteiger partial charge in [0.1, 0.15) is 5.82 Å². The summed E-state index contributed by atoms with van der Waals surface area (Å²) in [5.41, 5.74) is 2.45. The second-order valence-electron chi connectivity index (χ2n) is 5.22. The highest BCUT2D eigenvalue weighted by Crippen LogP contribution is 2.17. The zero-order chi connectivity index (χ0) is 15.5. The minimum absolute atomic E-state index is 0.183. The highest BCUT2D eigenvalue weighted by molar-refractivity contribution is 5.36. The Labute approximate surface area is 127 Å². The van der Waals surface area contributed by atoms with Gasteiger partial charge in [-0.25, -0.2) is 9.37 Å². The van der Waals surface area contributed by atoms with Gasteiger partial charge in [-0.2, -0.15) is 0 Å². The lowest BCUT2D eigenvalue weighted by atomic mass is 10.0. The fraction of sp³-hybridized carbons (Fsp3) is 0.250. The molecule has 0 saturated carbocycles. The van der Waals surface area contributed by atoms with Gasteiger partial charge >= 0.3 is 0 Å². The van der Waals surface area contributed by atoms with Crippen LogP contribution in [0, 0.1) is 5.82 Å². The number of hydrogen-bond donors (Lipinski definition) is 2. The van der Waals surface area contributed by atoms with Crippen LogP contribution in [0.1, 0.15) is 24.3 Å². The average molecular weight is 300 g/mol. The van der Waals surface area contributed by atoms with Gasteiger partial charge in [0.25, 0.3) is 0 Å². The molecule has 3 rings (SSSR count). The molecule has 2 N–H and O–H groups in total. The van der Waals surface area contributed by atoms with Crippen molar-refractivity contribution in [3.8, 4) is 0 Å². The number of aromatic nitrogens is 3. The third-order valence-corrected chi connectivity index (χ3v) is 3.68. The van der Waals surface area contributed by atoms with Gasteiger partial charge < -0.3 is 10.4 Å². The zero-order valence-electron chi connectivity index (χ0n) is 12.1. The van der Waals surface area contributed by atoms with Crippen LogP contribution in [-0.4, -0.2) is 25.5 Å². The zero-order valence-corrected chi connectivity index (χ0v) is 12.1. The Morgan fingerprint density at radius 1 is 1.27 bits per heavy atom. The van der Waals surface area contributed by atoms with Crippen LogP contribution in [-0.2, 0) is 6.54 Å². The molecule has 5 nitrogen and oxygen atoms in total. The number of nitrogens with zero attached hydrogens (tertiary/aromatic N) is 3. The Bertz CT molecular complexity index is 756. The van der Waals surface area contributed by atoms with E-state index in [1.807, 2.05) is 17.5 Å². The van der Waals surface area contributed by atoms with Crippen LogP contribution in [0.2, 0.25) is 0 Å². The van der Waals surface area contributed by atoms with Gasteiger partial charge in [0, 0.05) is 25.0 Å². The van der Waals surface area contributed by atoms with E-state index in [9.17, 15) is 9.50 Å². The molecule has 1 aromatic carbocycles. The van der Waals surface area contributed by atoms with Crippen molar-refractivity contribution < 1.29 is 9.50 Å². The standard InChI is InChI=1S/C16H17FN4O/c1-11(16(22)12-2-4-13(17)5-3-12)19-8-14-9-20-15-10-18-6-7-21(14)15/h2-7,9-11,16,19,22H,8H2,1H3. The van der Waals surface area contributed by atoms with E-state index in [-0.39, 0.29) is 11.9 Å². The lowest BCUT2D eigenvalue weighted by Gasteiger charge is -2.20. The van der Waals surface area contributed by atoms with Gasteiger partial charge in [0.2, 0.25) is 0 Å². The summed E-state index contributed by atoms with van der Waals surface area (Å²) < 4.78 is 14.9. The molecule has 0 fully saturated rings. The van der Waals surface area contributed by atoms with Crippen molar-refractivity contribution in [2.24, 2.45) is 0 Å². The number of imidazole rings is 1. The highest BCUT2D eigenvalue weighted by atomic mass is 19.1. The predicted molar refractivity (Wildman–Crippen MR) is 80.6 cm³/mol. The van der Waals surface area contributed by atoms with Crippen molar-refractivity contribution in [1.29, 1.82) is 0 Å². The first kappa shape index (κ1) is 14.6. The Morgan fingerprint density at radius 2 is 2.05 bits per heavy atom. The summed E-state index contributed by atoms with van der Waals surface area (Å²) in [5.74, 6) is -0.309. The number of nitrogens with one attached hydrogen (secondary N) is 1. The number of aliphatic hydroxyl groups is 1. The molecule has 6 heteroatoms. The summed E-state index contributed by atoms with van der Waals surface area (Å²) in [6.07, 6.45) is 6.32. The summed E-state index contributed by atoms with van der Waals surface area (Å²) in [4.78, 5) is 8.29. The number of rotatable bonds is 5. The van der Waals surface area contributed by atoms with Crippen LogP contribution in [0.3, 0.4) is 0 Å². The minimum Gasteiger partial charge on any atom is -0.387 e. The van der Waals surface area contributed by atoms with Gasteiger partial charge in [-0.05, 0) is 24.6 Å². The third-order valence-electron chi connectivity index (χ3n) is 3.68.